The number of nitrogens with one attached hydrogen (secondary N) is 1. The van der Waals surface area contributed by atoms with Gasteiger partial charge in [0.05, 0.1) is 11.9 Å². The first-order chi connectivity index (χ1) is 14.6. The minimum atomic E-state index is 0.0495. The number of rotatable bonds is 4. The first-order valence-corrected chi connectivity index (χ1v) is 10.6. The molecule has 0 saturated carbocycles. The zero-order valence-corrected chi connectivity index (χ0v) is 17.8. The lowest BCUT2D eigenvalue weighted by atomic mass is 10.1. The molecule has 9 heteroatoms. The molecule has 9 nitrogen and oxygen atoms in total. The normalized spacial score (nSPS) is 18.1. The molecule has 2 fully saturated rings. The van der Waals surface area contributed by atoms with Crippen molar-refractivity contribution in [3.05, 3.63) is 36.3 Å². The molecular weight excluding hydrogens is 380 g/mol. The Balaban J connectivity index is 1.35. The van der Waals surface area contributed by atoms with Gasteiger partial charge in [-0.1, -0.05) is 0 Å². The lowest BCUT2D eigenvalue weighted by molar-refractivity contribution is -0.120. The molecular formula is C21H30N8O. The Morgan fingerprint density at radius 2 is 2.03 bits per heavy atom. The average molecular weight is 411 g/mol. The predicted octanol–water partition coefficient (Wildman–Crippen LogP) is 1.23. The van der Waals surface area contributed by atoms with Crippen LogP contribution in [0.15, 0.2) is 35.7 Å². The van der Waals surface area contributed by atoms with Crippen molar-refractivity contribution < 1.29 is 4.79 Å². The number of nitrogens with zero attached hydrogens (tertiary/aromatic N) is 7. The van der Waals surface area contributed by atoms with Gasteiger partial charge in [0, 0.05) is 59.2 Å². The van der Waals surface area contributed by atoms with Crippen molar-refractivity contribution in [3.8, 4) is 0 Å². The predicted molar refractivity (Wildman–Crippen MR) is 118 cm³/mol. The Hall–Kier alpha value is -3.10. The molecule has 2 aromatic rings. The summed E-state index contributed by atoms with van der Waals surface area (Å²) < 4.78 is 1.71. The van der Waals surface area contributed by atoms with Crippen LogP contribution in [0.5, 0.6) is 0 Å². The number of carbonyl (C=O) groups excluding carboxylic acids is 1. The zero-order chi connectivity index (χ0) is 20.9. The van der Waals surface area contributed by atoms with Gasteiger partial charge in [0.15, 0.2) is 5.96 Å². The van der Waals surface area contributed by atoms with E-state index in [4.69, 9.17) is 0 Å². The maximum atomic E-state index is 12.7. The van der Waals surface area contributed by atoms with E-state index in [-0.39, 0.29) is 5.91 Å². The van der Waals surface area contributed by atoms with E-state index < -0.39 is 0 Å². The summed E-state index contributed by atoms with van der Waals surface area (Å²) in [6.45, 7) is 4.43. The maximum absolute atomic E-state index is 12.7. The summed E-state index contributed by atoms with van der Waals surface area (Å²) in [6, 6.07) is 4.18. The summed E-state index contributed by atoms with van der Waals surface area (Å²) >= 11 is 0. The van der Waals surface area contributed by atoms with Crippen LogP contribution in [0.3, 0.4) is 0 Å². The second-order valence-electron chi connectivity index (χ2n) is 7.81. The van der Waals surface area contributed by atoms with Crippen molar-refractivity contribution in [3.63, 3.8) is 0 Å². The van der Waals surface area contributed by atoms with Crippen LogP contribution in [0.4, 0.5) is 11.5 Å². The third-order valence-electron chi connectivity index (χ3n) is 5.68. The largest absolute Gasteiger partial charge is 0.357 e. The Bertz CT molecular complexity index is 902. The number of piperidine rings is 1. The highest BCUT2D eigenvalue weighted by Crippen LogP contribution is 2.19. The van der Waals surface area contributed by atoms with Gasteiger partial charge in [-0.25, -0.2) is 4.98 Å². The molecule has 4 rings (SSSR count). The number of piperazine rings is 1. The Labute approximate surface area is 177 Å². The monoisotopic (exact) mass is 410 g/mol. The Morgan fingerprint density at radius 3 is 2.73 bits per heavy atom. The van der Waals surface area contributed by atoms with Gasteiger partial charge < -0.3 is 20.0 Å². The van der Waals surface area contributed by atoms with Crippen LogP contribution in [-0.2, 0) is 18.4 Å². The Kier molecular flexibility index (Phi) is 6.15. The van der Waals surface area contributed by atoms with Crippen molar-refractivity contribution in [2.45, 2.75) is 25.8 Å². The Morgan fingerprint density at radius 1 is 1.20 bits per heavy atom. The van der Waals surface area contributed by atoms with E-state index in [1.807, 2.05) is 30.4 Å². The van der Waals surface area contributed by atoms with Crippen LogP contribution in [0.2, 0.25) is 0 Å². The highest BCUT2D eigenvalue weighted by molar-refractivity contribution is 5.98. The zero-order valence-electron chi connectivity index (χ0n) is 17.8. The fourth-order valence-corrected chi connectivity index (χ4v) is 4.05. The SMILES string of the molecule is CN=C(NCc1ccnc(N2CCCCC2)c1)N1CCN(c2cnn(C)c2)C(=O)C1. The number of guanidine groups is 1. The first-order valence-electron chi connectivity index (χ1n) is 10.6. The summed E-state index contributed by atoms with van der Waals surface area (Å²) in [5.74, 6) is 1.84. The molecule has 0 radical (unpaired) electrons. The third kappa shape index (κ3) is 4.55. The number of amides is 1. The topological polar surface area (TPSA) is 81.9 Å². The van der Waals surface area contributed by atoms with Crippen LogP contribution in [0, 0.1) is 0 Å². The molecule has 0 atom stereocenters. The fraction of sp³-hybridized carbons (Fsp3) is 0.524. The number of aromatic nitrogens is 3. The van der Waals surface area contributed by atoms with Gasteiger partial charge in [-0.15, -0.1) is 0 Å². The van der Waals surface area contributed by atoms with Crippen molar-refractivity contribution in [1.29, 1.82) is 0 Å². The molecule has 0 aromatic carbocycles. The molecule has 2 aliphatic rings. The molecule has 2 aliphatic heterocycles. The van der Waals surface area contributed by atoms with E-state index >= 15 is 0 Å². The molecule has 0 aliphatic carbocycles. The summed E-state index contributed by atoms with van der Waals surface area (Å²) in [7, 11) is 3.61. The van der Waals surface area contributed by atoms with Crippen LogP contribution >= 0.6 is 0 Å². The number of aryl methyl sites for hydroxylation is 1. The molecule has 1 amide bonds. The summed E-state index contributed by atoms with van der Waals surface area (Å²) in [5, 5.41) is 7.57. The van der Waals surface area contributed by atoms with E-state index in [2.05, 4.69) is 31.4 Å². The van der Waals surface area contributed by atoms with E-state index in [1.165, 1.54) is 19.3 Å². The number of aliphatic imine (C=N–C) groups is 1. The van der Waals surface area contributed by atoms with E-state index in [0.717, 1.165) is 42.7 Å². The molecule has 30 heavy (non-hydrogen) atoms. The maximum Gasteiger partial charge on any atom is 0.246 e. The average Bonchev–Trinajstić information content (AvgIpc) is 3.21. The molecule has 2 saturated heterocycles. The number of pyridine rings is 1. The third-order valence-corrected chi connectivity index (χ3v) is 5.68. The van der Waals surface area contributed by atoms with E-state index in [1.54, 1.807) is 22.8 Å². The van der Waals surface area contributed by atoms with Crippen molar-refractivity contribution in [2.75, 3.05) is 49.6 Å². The molecule has 0 bridgehead atoms. The summed E-state index contributed by atoms with van der Waals surface area (Å²) in [4.78, 5) is 27.8. The van der Waals surface area contributed by atoms with E-state index in [9.17, 15) is 4.79 Å². The van der Waals surface area contributed by atoms with Gasteiger partial charge in [0.1, 0.15) is 12.4 Å². The molecule has 1 N–H and O–H groups in total. The smallest absolute Gasteiger partial charge is 0.246 e. The second-order valence-corrected chi connectivity index (χ2v) is 7.81. The highest BCUT2D eigenvalue weighted by Gasteiger charge is 2.27. The lowest BCUT2D eigenvalue weighted by Gasteiger charge is -2.35. The van der Waals surface area contributed by atoms with Crippen LogP contribution in [0.1, 0.15) is 24.8 Å². The highest BCUT2D eigenvalue weighted by atomic mass is 16.2. The van der Waals surface area contributed by atoms with Crippen molar-refractivity contribution in [2.24, 2.45) is 12.0 Å². The van der Waals surface area contributed by atoms with Gasteiger partial charge >= 0.3 is 0 Å². The number of hydrogen-bond donors (Lipinski definition) is 1. The van der Waals surface area contributed by atoms with E-state index in [0.29, 0.717) is 19.6 Å². The van der Waals surface area contributed by atoms with Crippen LogP contribution < -0.4 is 15.1 Å². The quantitative estimate of drug-likeness (QED) is 0.603. The van der Waals surface area contributed by atoms with Gasteiger partial charge in [-0.05, 0) is 37.0 Å². The number of anilines is 2. The molecule has 0 unspecified atom stereocenters. The minimum absolute atomic E-state index is 0.0495. The second kappa shape index (κ2) is 9.15. The molecule has 160 valence electrons. The summed E-state index contributed by atoms with van der Waals surface area (Å²) in [5.41, 5.74) is 2.00. The van der Waals surface area contributed by atoms with Crippen LogP contribution in [-0.4, -0.2) is 71.3 Å². The van der Waals surface area contributed by atoms with Gasteiger partial charge in [-0.2, -0.15) is 5.10 Å². The molecule has 2 aromatic heterocycles. The molecule has 0 spiro atoms. The first kappa shape index (κ1) is 20.2. The van der Waals surface area contributed by atoms with Crippen molar-refractivity contribution in [1.82, 2.24) is 25.0 Å². The van der Waals surface area contributed by atoms with Crippen LogP contribution in [0.25, 0.3) is 0 Å². The molecule has 4 heterocycles. The summed E-state index contributed by atoms with van der Waals surface area (Å²) in [6.07, 6.45) is 9.24. The lowest BCUT2D eigenvalue weighted by Crippen LogP contribution is -2.55. The fourth-order valence-electron chi connectivity index (χ4n) is 4.05. The van der Waals surface area contributed by atoms with Crippen molar-refractivity contribution >= 4 is 23.4 Å². The van der Waals surface area contributed by atoms with Gasteiger partial charge in [0.2, 0.25) is 5.91 Å². The number of hydrogen-bond acceptors (Lipinski definition) is 5. The standard InChI is InChI=1S/C21H30N8O/c1-22-21(28-10-11-29(20(30)16-28)18-14-25-26(2)15-18)24-13-17-6-7-23-19(12-17)27-8-4-3-5-9-27/h6-7,12,14-15H,3-5,8-11,13,16H2,1-2H3,(H,22,24). The van der Waals surface area contributed by atoms with Gasteiger partial charge in [0.25, 0.3) is 0 Å². The minimum Gasteiger partial charge on any atom is -0.357 e. The number of carbonyl (C=O) groups is 1. The van der Waals surface area contributed by atoms with Gasteiger partial charge in [-0.3, -0.25) is 14.5 Å².